The van der Waals surface area contributed by atoms with Crippen molar-refractivity contribution in [3.05, 3.63) is 77.8 Å². The number of aromatic amines is 1. The molecule has 0 spiro atoms. The lowest BCUT2D eigenvalue weighted by Gasteiger charge is -2.14. The number of para-hydroxylation sites is 1. The molecule has 0 fully saturated rings. The molecule has 0 amide bonds. The molecule has 2 aromatic carbocycles. The van der Waals surface area contributed by atoms with E-state index in [1.165, 1.54) is 16.5 Å². The van der Waals surface area contributed by atoms with Crippen molar-refractivity contribution in [1.29, 1.82) is 0 Å². The van der Waals surface area contributed by atoms with Gasteiger partial charge in [0.15, 0.2) is 0 Å². The number of rotatable bonds is 3. The maximum atomic E-state index is 6.22. The molecule has 1 unspecified atom stereocenters. The molecule has 1 heterocycles. The van der Waals surface area contributed by atoms with E-state index in [9.17, 15) is 0 Å². The Kier molecular flexibility index (Phi) is 3.31. The first-order valence-electron chi connectivity index (χ1n) is 6.41. The Balaban J connectivity index is 2.15. The van der Waals surface area contributed by atoms with E-state index in [2.05, 4.69) is 48.4 Å². The largest absolute Gasteiger partial charge is 0.360 e. The number of hydrogen-bond acceptors (Lipinski definition) is 0. The third-order valence-corrected chi connectivity index (χ3v) is 3.88. The minimum atomic E-state index is 0.299. The van der Waals surface area contributed by atoms with Crippen molar-refractivity contribution in [3.63, 3.8) is 0 Å². The van der Waals surface area contributed by atoms with Gasteiger partial charge in [0.05, 0.1) is 10.5 Å². The number of halogens is 1. The van der Waals surface area contributed by atoms with Crippen molar-refractivity contribution < 1.29 is 0 Å². The maximum Gasteiger partial charge on any atom is 0.0647 e. The summed E-state index contributed by atoms with van der Waals surface area (Å²) in [6.07, 6.45) is 2.88. The standard InChI is InChI=1S/C17H15ClN/c1-2-13(12-7-4-3-5-8-12)15-11-19-17-14(15)9-6-10-16(17)18/h3-11,13,19H,1-2H2. The van der Waals surface area contributed by atoms with Crippen LogP contribution in [0.3, 0.4) is 0 Å². The Labute approximate surface area is 118 Å². The summed E-state index contributed by atoms with van der Waals surface area (Å²) < 4.78 is 0. The molecule has 0 aliphatic heterocycles. The number of aromatic nitrogens is 1. The van der Waals surface area contributed by atoms with E-state index in [1.54, 1.807) is 0 Å². The van der Waals surface area contributed by atoms with Gasteiger partial charge in [-0.1, -0.05) is 61.0 Å². The average molecular weight is 269 g/mol. The van der Waals surface area contributed by atoms with E-state index in [-0.39, 0.29) is 0 Å². The van der Waals surface area contributed by atoms with Crippen molar-refractivity contribution in [2.45, 2.75) is 12.3 Å². The monoisotopic (exact) mass is 268 g/mol. The van der Waals surface area contributed by atoms with Crippen LogP contribution < -0.4 is 0 Å². The first kappa shape index (κ1) is 12.3. The normalized spacial score (nSPS) is 12.7. The second-order valence-electron chi connectivity index (χ2n) is 4.66. The predicted octanol–water partition coefficient (Wildman–Crippen LogP) is 5.18. The SMILES string of the molecule is [CH2]CC(c1ccccc1)c1c[nH]c2c(Cl)cccc12. The first-order chi connectivity index (χ1) is 9.31. The maximum absolute atomic E-state index is 6.22. The predicted molar refractivity (Wildman–Crippen MR) is 81.6 cm³/mol. The minimum absolute atomic E-state index is 0.299. The van der Waals surface area contributed by atoms with E-state index in [4.69, 9.17) is 11.6 Å². The van der Waals surface area contributed by atoms with Crippen molar-refractivity contribution >= 4 is 22.5 Å². The molecule has 1 N–H and O–H groups in total. The smallest absolute Gasteiger partial charge is 0.0647 e. The van der Waals surface area contributed by atoms with Crippen LogP contribution in [0.2, 0.25) is 5.02 Å². The van der Waals surface area contributed by atoms with Crippen molar-refractivity contribution in [1.82, 2.24) is 4.98 Å². The van der Waals surface area contributed by atoms with Crippen LogP contribution in [0.25, 0.3) is 10.9 Å². The highest BCUT2D eigenvalue weighted by atomic mass is 35.5. The van der Waals surface area contributed by atoms with Crippen LogP contribution in [0, 0.1) is 6.92 Å². The summed E-state index contributed by atoms with van der Waals surface area (Å²) in [5.41, 5.74) is 3.56. The Hall–Kier alpha value is -1.73. The van der Waals surface area contributed by atoms with E-state index < -0.39 is 0 Å². The van der Waals surface area contributed by atoms with Crippen molar-refractivity contribution in [3.8, 4) is 0 Å². The average Bonchev–Trinajstić information content (AvgIpc) is 2.87. The summed E-state index contributed by atoms with van der Waals surface area (Å²) in [5.74, 6) is 0.299. The molecule has 1 aromatic heterocycles. The topological polar surface area (TPSA) is 15.8 Å². The summed E-state index contributed by atoms with van der Waals surface area (Å²) >= 11 is 6.22. The van der Waals surface area contributed by atoms with Gasteiger partial charge >= 0.3 is 0 Å². The molecule has 0 aliphatic rings. The van der Waals surface area contributed by atoms with Gasteiger partial charge in [-0.15, -0.1) is 0 Å². The van der Waals surface area contributed by atoms with Crippen LogP contribution in [-0.2, 0) is 0 Å². The summed E-state index contributed by atoms with van der Waals surface area (Å²) in [6.45, 7) is 4.10. The van der Waals surface area contributed by atoms with Gasteiger partial charge in [-0.2, -0.15) is 0 Å². The fourth-order valence-corrected chi connectivity index (χ4v) is 2.84. The molecule has 1 nitrogen and oxygen atoms in total. The number of H-pyrrole nitrogens is 1. The van der Waals surface area contributed by atoms with Crippen molar-refractivity contribution in [2.75, 3.05) is 0 Å². The zero-order valence-corrected chi connectivity index (χ0v) is 11.3. The Bertz CT molecular complexity index is 685. The third kappa shape index (κ3) is 2.15. The van der Waals surface area contributed by atoms with Gasteiger partial charge in [-0.05, 0) is 23.6 Å². The van der Waals surface area contributed by atoms with Gasteiger partial charge < -0.3 is 4.98 Å². The lowest BCUT2D eigenvalue weighted by atomic mass is 9.89. The second-order valence-corrected chi connectivity index (χ2v) is 5.07. The lowest BCUT2D eigenvalue weighted by molar-refractivity contribution is 0.834. The second kappa shape index (κ2) is 5.10. The number of fused-ring (bicyclic) bond motifs is 1. The van der Waals surface area contributed by atoms with Crippen LogP contribution >= 0.6 is 11.6 Å². The molecule has 0 saturated carbocycles. The molecule has 0 aliphatic carbocycles. The van der Waals surface area contributed by atoms with E-state index >= 15 is 0 Å². The fraction of sp³-hybridized carbons (Fsp3) is 0.118. The highest BCUT2D eigenvalue weighted by Gasteiger charge is 2.16. The van der Waals surface area contributed by atoms with Crippen LogP contribution in [0.1, 0.15) is 23.5 Å². The molecule has 2 heteroatoms. The number of nitrogens with one attached hydrogen (secondary N) is 1. The molecule has 3 aromatic rings. The van der Waals surface area contributed by atoms with Crippen LogP contribution in [0.15, 0.2) is 54.7 Å². The Morgan fingerprint density at radius 2 is 1.84 bits per heavy atom. The molecule has 1 radical (unpaired) electrons. The first-order valence-corrected chi connectivity index (χ1v) is 6.78. The quantitative estimate of drug-likeness (QED) is 0.674. The van der Waals surface area contributed by atoms with Gasteiger partial charge in [0.25, 0.3) is 0 Å². The molecule has 95 valence electrons. The lowest BCUT2D eigenvalue weighted by Crippen LogP contribution is -1.98. The van der Waals surface area contributed by atoms with E-state index in [1.807, 2.05) is 18.2 Å². The van der Waals surface area contributed by atoms with Crippen LogP contribution in [-0.4, -0.2) is 4.98 Å². The molecular formula is C17H15ClN. The van der Waals surface area contributed by atoms with E-state index in [0.717, 1.165) is 17.0 Å². The van der Waals surface area contributed by atoms with Gasteiger partial charge in [-0.25, -0.2) is 0 Å². The number of hydrogen-bond donors (Lipinski definition) is 1. The Morgan fingerprint density at radius 3 is 2.58 bits per heavy atom. The highest BCUT2D eigenvalue weighted by molar-refractivity contribution is 6.35. The highest BCUT2D eigenvalue weighted by Crippen LogP contribution is 2.34. The van der Waals surface area contributed by atoms with Gasteiger partial charge in [0.2, 0.25) is 0 Å². The van der Waals surface area contributed by atoms with Gasteiger partial charge in [0, 0.05) is 17.5 Å². The number of benzene rings is 2. The third-order valence-electron chi connectivity index (χ3n) is 3.56. The van der Waals surface area contributed by atoms with E-state index in [0.29, 0.717) is 5.92 Å². The molecule has 0 saturated heterocycles. The summed E-state index contributed by atoms with van der Waals surface area (Å²) in [4.78, 5) is 3.28. The van der Waals surface area contributed by atoms with Gasteiger partial charge in [-0.3, -0.25) is 0 Å². The van der Waals surface area contributed by atoms with Crippen LogP contribution in [0.5, 0.6) is 0 Å². The molecular weight excluding hydrogens is 254 g/mol. The zero-order chi connectivity index (χ0) is 13.2. The molecule has 19 heavy (non-hydrogen) atoms. The molecule has 3 rings (SSSR count). The van der Waals surface area contributed by atoms with Crippen LogP contribution in [0.4, 0.5) is 0 Å². The minimum Gasteiger partial charge on any atom is -0.360 e. The Morgan fingerprint density at radius 1 is 1.05 bits per heavy atom. The van der Waals surface area contributed by atoms with Gasteiger partial charge in [0.1, 0.15) is 0 Å². The molecule has 0 bridgehead atoms. The zero-order valence-electron chi connectivity index (χ0n) is 10.6. The van der Waals surface area contributed by atoms with Crippen molar-refractivity contribution in [2.24, 2.45) is 0 Å². The summed E-state index contributed by atoms with van der Waals surface area (Å²) in [5, 5.41) is 1.95. The molecule has 1 atom stereocenters. The fourth-order valence-electron chi connectivity index (χ4n) is 2.61. The summed E-state index contributed by atoms with van der Waals surface area (Å²) in [7, 11) is 0. The summed E-state index contributed by atoms with van der Waals surface area (Å²) in [6, 6.07) is 16.5.